The van der Waals surface area contributed by atoms with Gasteiger partial charge in [-0.05, 0) is 90.8 Å². The summed E-state index contributed by atoms with van der Waals surface area (Å²) < 4.78 is 70.5. The van der Waals surface area contributed by atoms with Crippen LogP contribution in [0.4, 0.5) is 0 Å². The summed E-state index contributed by atoms with van der Waals surface area (Å²) >= 11 is 0. The average molecular weight is 1090 g/mol. The van der Waals surface area contributed by atoms with E-state index in [-0.39, 0.29) is 50.0 Å². The van der Waals surface area contributed by atoms with E-state index in [4.69, 9.17) is 52.1 Å². The average Bonchev–Trinajstić information content (AvgIpc) is 3.49. The number of ether oxygens (including phenoxy) is 11. The lowest BCUT2D eigenvalue weighted by molar-refractivity contribution is -0.305. The zero-order valence-electron chi connectivity index (χ0n) is 48.9. The van der Waals surface area contributed by atoms with E-state index in [0.717, 1.165) is 5.56 Å². The van der Waals surface area contributed by atoms with Gasteiger partial charge >= 0.3 is 17.9 Å². The summed E-state index contributed by atoms with van der Waals surface area (Å²) in [5, 5.41) is 22.5. The number of likely N-dealkylation sites (N-methyl/N-ethyl adjacent to an activating group) is 1. The molecule has 0 saturated carbocycles. The number of carbonyl (C=O) groups excluding carboxylic acids is 4. The maximum atomic E-state index is 15.8. The van der Waals surface area contributed by atoms with Crippen LogP contribution in [-0.2, 0) is 77.7 Å². The van der Waals surface area contributed by atoms with Crippen molar-refractivity contribution in [3.05, 3.63) is 48.0 Å². The highest BCUT2D eigenvalue weighted by Gasteiger charge is 2.52. The van der Waals surface area contributed by atoms with Crippen molar-refractivity contribution in [3.63, 3.8) is 0 Å². The number of hydrogen-bond donors (Lipinski definition) is 2. The fourth-order valence-corrected chi connectivity index (χ4v) is 11.8. The van der Waals surface area contributed by atoms with Crippen molar-refractivity contribution in [2.24, 2.45) is 41.4 Å². The predicted octanol–water partition coefficient (Wildman–Crippen LogP) is 7.01. The molecule has 4 aliphatic heterocycles. The first-order valence-corrected chi connectivity index (χ1v) is 28.1. The van der Waals surface area contributed by atoms with Gasteiger partial charge in [-0.15, -0.1) is 0 Å². The third-order valence-electron chi connectivity index (χ3n) is 16.3. The number of hydrogen-bond acceptors (Lipinski definition) is 18. The summed E-state index contributed by atoms with van der Waals surface area (Å²) in [4.78, 5) is 61.6. The molecular formula is C59H95NO17. The molecule has 18 heteroatoms. The number of rotatable bonds is 17. The maximum absolute atomic E-state index is 15.8. The van der Waals surface area contributed by atoms with Gasteiger partial charge in [-0.2, -0.15) is 0 Å². The van der Waals surface area contributed by atoms with Gasteiger partial charge < -0.3 is 67.2 Å². The normalized spacial score (nSPS) is 39.8. The fourth-order valence-electron chi connectivity index (χ4n) is 11.8. The summed E-state index contributed by atoms with van der Waals surface area (Å²) in [7, 11) is 4.95. The van der Waals surface area contributed by atoms with Crippen molar-refractivity contribution in [2.75, 3.05) is 34.4 Å². The quantitative estimate of drug-likeness (QED) is 0.0912. The van der Waals surface area contributed by atoms with Gasteiger partial charge in [0.15, 0.2) is 30.3 Å². The Hall–Kier alpha value is -3.40. The lowest BCUT2D eigenvalue weighted by atomic mass is 9.74. The topological polar surface area (TPSA) is 214 Å². The lowest BCUT2D eigenvalue weighted by Gasteiger charge is -2.45. The molecule has 22 atom stereocenters. The Morgan fingerprint density at radius 3 is 2.10 bits per heavy atom. The number of ketones is 1. The summed E-state index contributed by atoms with van der Waals surface area (Å²) in [6, 6.07) is 9.53. The number of aryl methyl sites for hydroxylation is 1. The Morgan fingerprint density at radius 1 is 0.805 bits per heavy atom. The molecule has 0 aromatic heterocycles. The SMILES string of the molecule is C=C1C[C@@H](C)O[C@@H](O[C@@H]2[C@@H](C)[C@H](O[C@H]3C[C@H](C)N(C)C[C@H](C)O3)[C@@H](C)C(=O)O[C@H]([C@@H](C)CO[C@@H]3O[C@H](C)[C@@H](O)[C@@H](OC)[C@H]3OC)[C@H](C)[C@@H](OC(=O)CC(C)C)[C@@H](C)C(=O)[C@@](C)(OC(=O)CCc3ccccc3)C[C@@H]2C)[C@@H]1O. The first-order valence-electron chi connectivity index (χ1n) is 28.1. The molecule has 4 saturated heterocycles. The molecule has 5 rings (SSSR count). The molecule has 438 valence electrons. The Labute approximate surface area is 458 Å². The highest BCUT2D eigenvalue weighted by Crippen LogP contribution is 2.41. The molecule has 0 amide bonds. The smallest absolute Gasteiger partial charge is 0.311 e. The van der Waals surface area contributed by atoms with E-state index >= 15 is 9.59 Å². The van der Waals surface area contributed by atoms with Gasteiger partial charge in [0.1, 0.15) is 36.6 Å². The number of nitrogens with zero attached hydrogens (tertiary/aromatic N) is 1. The van der Waals surface area contributed by atoms with Crippen LogP contribution < -0.4 is 0 Å². The van der Waals surface area contributed by atoms with Crippen molar-refractivity contribution in [1.29, 1.82) is 0 Å². The highest BCUT2D eigenvalue weighted by atomic mass is 16.7. The maximum Gasteiger partial charge on any atom is 0.311 e. The second kappa shape index (κ2) is 28.8. The summed E-state index contributed by atoms with van der Waals surface area (Å²) in [6.07, 6.45) is -11.3. The van der Waals surface area contributed by atoms with E-state index in [2.05, 4.69) is 18.4 Å². The van der Waals surface area contributed by atoms with Crippen LogP contribution in [0.5, 0.6) is 0 Å². The van der Waals surface area contributed by atoms with E-state index in [0.29, 0.717) is 31.4 Å². The molecule has 4 aliphatic rings. The van der Waals surface area contributed by atoms with Gasteiger partial charge in [0.2, 0.25) is 0 Å². The molecule has 1 aromatic rings. The number of aliphatic hydroxyl groups excluding tert-OH is 2. The molecule has 0 bridgehead atoms. The predicted molar refractivity (Wildman–Crippen MR) is 286 cm³/mol. The van der Waals surface area contributed by atoms with Gasteiger partial charge in [0.25, 0.3) is 0 Å². The Balaban J connectivity index is 1.69. The summed E-state index contributed by atoms with van der Waals surface area (Å²) in [5.41, 5.74) is -0.428. The standard InChI is InChI=1S/C59H95NO17/c1-31(2)25-45(62)73-51-39(10)50(34(5)30-69-58-54(68-17)53(67-16)48(64)42(13)72-58)75-56(66)41(12)52(74-46-27-35(6)60(15)29-37(8)70-46)38(9)49(76-57-47(63)32(3)26-36(7)71-57)33(4)28-59(14,55(65)40(51)11)77-44(61)24-23-43-21-19-18-20-22-43/h18-22,31,33-42,46-54,57-58,63-64H,3,23-30H2,1-2,4-17H3/t33-,34-,35-,36+,37-,38+,39-,40+,41+,42+,46-,47+,48+,49-,50+,51+,52-,53+,54+,57-,58+,59-/m0/s1. The second-order valence-electron chi connectivity index (χ2n) is 23.6. The lowest BCUT2D eigenvalue weighted by Crippen LogP contribution is -2.59. The van der Waals surface area contributed by atoms with Crippen LogP contribution in [0, 0.1) is 41.4 Å². The molecule has 77 heavy (non-hydrogen) atoms. The van der Waals surface area contributed by atoms with Crippen LogP contribution in [0.1, 0.15) is 128 Å². The summed E-state index contributed by atoms with van der Waals surface area (Å²) in [6.45, 7) is 28.4. The minimum Gasteiger partial charge on any atom is -0.461 e. The van der Waals surface area contributed by atoms with Crippen molar-refractivity contribution in [2.45, 2.75) is 226 Å². The number of carbonyl (C=O) groups is 4. The molecule has 0 spiro atoms. The number of Topliss-reactive ketones (excluding diaryl/α,β-unsaturated/α-hetero) is 1. The monoisotopic (exact) mass is 1090 g/mol. The number of benzene rings is 1. The van der Waals surface area contributed by atoms with E-state index in [9.17, 15) is 19.8 Å². The third-order valence-corrected chi connectivity index (χ3v) is 16.3. The molecule has 0 aliphatic carbocycles. The largest absolute Gasteiger partial charge is 0.461 e. The van der Waals surface area contributed by atoms with Crippen LogP contribution in [0.2, 0.25) is 0 Å². The van der Waals surface area contributed by atoms with Crippen molar-refractivity contribution < 1.29 is 81.5 Å². The Bertz CT molecular complexity index is 2060. The van der Waals surface area contributed by atoms with Gasteiger partial charge in [-0.3, -0.25) is 19.2 Å². The van der Waals surface area contributed by atoms with E-state index in [1.807, 2.05) is 85.8 Å². The zero-order valence-corrected chi connectivity index (χ0v) is 48.9. The molecule has 1 aromatic carbocycles. The van der Waals surface area contributed by atoms with Gasteiger partial charge in [0.05, 0.1) is 49.0 Å². The first kappa shape index (κ1) is 64.4. The van der Waals surface area contributed by atoms with Crippen molar-refractivity contribution >= 4 is 23.7 Å². The number of esters is 3. The van der Waals surface area contributed by atoms with Crippen LogP contribution >= 0.6 is 0 Å². The van der Waals surface area contributed by atoms with Crippen LogP contribution in [0.25, 0.3) is 0 Å². The fraction of sp³-hybridized carbons (Fsp3) is 0.797. The van der Waals surface area contributed by atoms with E-state index in [1.54, 1.807) is 34.6 Å². The Kier molecular flexibility index (Phi) is 24.1. The molecule has 0 radical (unpaired) electrons. The molecule has 0 unspecified atom stereocenters. The van der Waals surface area contributed by atoms with E-state index in [1.165, 1.54) is 14.2 Å². The zero-order chi connectivity index (χ0) is 57.2. The molecule has 2 N–H and O–H groups in total. The van der Waals surface area contributed by atoms with Crippen LogP contribution in [0.15, 0.2) is 42.5 Å². The molecule has 4 fully saturated rings. The third kappa shape index (κ3) is 16.8. The van der Waals surface area contributed by atoms with Crippen LogP contribution in [-0.4, -0.2) is 171 Å². The van der Waals surface area contributed by atoms with E-state index < -0.39 is 139 Å². The first-order chi connectivity index (χ1) is 36.2. The Morgan fingerprint density at radius 2 is 1.47 bits per heavy atom. The number of cyclic esters (lactones) is 1. The molecular weight excluding hydrogens is 995 g/mol. The van der Waals surface area contributed by atoms with Gasteiger partial charge in [-0.25, -0.2) is 0 Å². The van der Waals surface area contributed by atoms with Crippen molar-refractivity contribution in [1.82, 2.24) is 4.90 Å². The van der Waals surface area contributed by atoms with Gasteiger partial charge in [0, 0.05) is 63.8 Å². The van der Waals surface area contributed by atoms with Crippen molar-refractivity contribution in [3.8, 4) is 0 Å². The summed E-state index contributed by atoms with van der Waals surface area (Å²) in [5.74, 6) is -7.59. The molecule has 4 heterocycles. The van der Waals surface area contributed by atoms with Crippen LogP contribution in [0.3, 0.4) is 0 Å². The highest BCUT2D eigenvalue weighted by molar-refractivity contribution is 5.91. The second-order valence-corrected chi connectivity index (χ2v) is 23.6. The minimum atomic E-state index is -1.86. The number of aliphatic hydroxyl groups is 2. The number of methoxy groups -OCH3 is 2. The minimum absolute atomic E-state index is 0.0293. The van der Waals surface area contributed by atoms with Gasteiger partial charge in [-0.1, -0.05) is 85.4 Å². The molecule has 18 nitrogen and oxygen atoms in total.